The van der Waals surface area contributed by atoms with Crippen LogP contribution in [0.3, 0.4) is 0 Å². The van der Waals surface area contributed by atoms with Gasteiger partial charge in [-0.25, -0.2) is 0 Å². The minimum Gasteiger partial charge on any atom is -0.741 e. The molecule has 0 amide bonds. The fourth-order valence-corrected chi connectivity index (χ4v) is 1.03. The average molecular weight is 360 g/mol. The van der Waals surface area contributed by atoms with Crippen LogP contribution < -0.4 is 10.9 Å². The van der Waals surface area contributed by atoms with E-state index in [1.165, 1.54) is 12.5 Å². The Morgan fingerprint density at radius 3 is 2.40 bits per heavy atom. The van der Waals surface area contributed by atoms with Gasteiger partial charge in [0, 0.05) is 14.1 Å². The third kappa shape index (κ3) is 6.62. The van der Waals surface area contributed by atoms with Crippen LogP contribution in [0.5, 0.6) is 0 Å². The molecule has 0 bridgehead atoms. The second-order valence-corrected chi connectivity index (χ2v) is 3.79. The molecule has 0 spiro atoms. The molecule has 1 radical (unpaired) electrons. The second-order valence-electron chi connectivity index (χ2n) is 3.01. The first-order valence-electron chi connectivity index (χ1n) is 5.11. The molecule has 0 atom stereocenters. The van der Waals surface area contributed by atoms with E-state index in [2.05, 4.69) is 31.0 Å². The molecule has 20 heavy (non-hydrogen) atoms. The van der Waals surface area contributed by atoms with E-state index in [0.717, 1.165) is 0 Å². The van der Waals surface area contributed by atoms with Crippen LogP contribution in [0.4, 0.5) is 0 Å². The average Bonchev–Trinajstić information content (AvgIpc) is 2.95. The summed E-state index contributed by atoms with van der Waals surface area (Å²) in [6.45, 7) is 0. The Bertz CT molecular complexity index is 512. The Balaban J connectivity index is 0.00000361. The molecule has 1 heterocycles. The third-order valence-electron chi connectivity index (χ3n) is 1.80. The smallest absolute Gasteiger partial charge is 0.741 e. The standard InChI is InChI=1S/C10H14N6OS2.Cu/c1-11-9(18)15-13-6-7(8-4-3-5-17-8)14-16-10(19)12-2;/h3-6H,1-2H3,(H2,11,15,18)(H2,12,16,19);/q;+2/p-2/b13-6+,14-7-;. The maximum absolute atomic E-state index is 5.23. The Hall–Kier alpha value is -1.48. The Labute approximate surface area is 138 Å². The second kappa shape index (κ2) is 10.3. The molecule has 7 nitrogen and oxygen atoms in total. The zero-order valence-corrected chi connectivity index (χ0v) is 13.2. The van der Waals surface area contributed by atoms with E-state index < -0.39 is 0 Å². The maximum Gasteiger partial charge on any atom is 2.00 e. The van der Waals surface area contributed by atoms with Crippen LogP contribution in [-0.2, 0) is 42.3 Å². The molecule has 111 valence electrons. The van der Waals surface area contributed by atoms with Gasteiger partial charge in [-0.2, -0.15) is 10.2 Å². The summed E-state index contributed by atoms with van der Waals surface area (Å²) in [6, 6.07) is 3.47. The van der Waals surface area contributed by atoms with Gasteiger partial charge in [-0.05, 0) is 22.5 Å². The fraction of sp³-hybridized carbons (Fsp3) is 0.200. The van der Waals surface area contributed by atoms with Crippen molar-refractivity contribution in [3.05, 3.63) is 24.2 Å². The summed E-state index contributed by atoms with van der Waals surface area (Å²) in [5.41, 5.74) is 5.58. The van der Waals surface area contributed by atoms with Crippen molar-refractivity contribution in [3.63, 3.8) is 0 Å². The number of nitrogens with one attached hydrogen (secondary N) is 2. The van der Waals surface area contributed by atoms with E-state index in [0.29, 0.717) is 11.5 Å². The van der Waals surface area contributed by atoms with E-state index in [4.69, 9.17) is 29.7 Å². The maximum atomic E-state index is 5.23. The van der Waals surface area contributed by atoms with Crippen LogP contribution in [0.2, 0.25) is 0 Å². The Morgan fingerprint density at radius 2 is 1.85 bits per heavy atom. The molecule has 0 aromatic carbocycles. The van der Waals surface area contributed by atoms with E-state index in [1.54, 1.807) is 26.2 Å². The molecule has 10 heteroatoms. The van der Waals surface area contributed by atoms with Gasteiger partial charge >= 0.3 is 17.1 Å². The topological polar surface area (TPSA) is 86.6 Å². The van der Waals surface area contributed by atoms with Crippen molar-refractivity contribution < 1.29 is 21.5 Å². The fourth-order valence-electron chi connectivity index (χ4n) is 0.929. The zero-order chi connectivity index (χ0) is 14.1. The van der Waals surface area contributed by atoms with Gasteiger partial charge in [-0.1, -0.05) is 0 Å². The molecule has 1 aromatic rings. The molecule has 0 aliphatic rings. The molecule has 1 aromatic heterocycles. The van der Waals surface area contributed by atoms with E-state index in [1.807, 2.05) is 0 Å². The molecular weight excluding hydrogens is 348 g/mol. The third-order valence-corrected chi connectivity index (χ3v) is 2.35. The summed E-state index contributed by atoms with van der Waals surface area (Å²) in [7, 11) is 3.13. The number of hydrogen-bond acceptors (Lipinski definition) is 7. The summed E-state index contributed by atoms with van der Waals surface area (Å²) in [5, 5.41) is 8.44. The van der Waals surface area contributed by atoms with Gasteiger partial charge in [-0.15, -0.1) is 0 Å². The molecule has 1 rings (SSSR count). The monoisotopic (exact) mass is 359 g/mol. The predicted molar refractivity (Wildman–Crippen MR) is 81.5 cm³/mol. The molecule has 0 aliphatic heterocycles. The molecule has 2 N–H and O–H groups in total. The summed E-state index contributed by atoms with van der Waals surface area (Å²) in [6.07, 6.45) is 2.96. The number of hydrazone groups is 2. The van der Waals surface area contributed by atoms with E-state index in [-0.39, 0.29) is 27.4 Å². The summed E-state index contributed by atoms with van der Waals surface area (Å²) < 4.78 is 5.23. The molecule has 0 fully saturated rings. The number of nitrogens with zero attached hydrogens (tertiary/aromatic N) is 4. The van der Waals surface area contributed by atoms with Gasteiger partial charge in [0.2, 0.25) is 0 Å². The molecule has 0 saturated carbocycles. The number of aliphatic imine (C=N–C) groups is 2. The van der Waals surface area contributed by atoms with Crippen LogP contribution in [-0.4, -0.2) is 36.4 Å². The van der Waals surface area contributed by atoms with Crippen LogP contribution in [0.15, 0.2) is 43.0 Å². The number of rotatable bonds is 4. The van der Waals surface area contributed by atoms with Crippen molar-refractivity contribution in [2.24, 2.45) is 20.2 Å². The van der Waals surface area contributed by atoms with Crippen LogP contribution in [0, 0.1) is 0 Å². The molecule has 0 unspecified atom stereocenters. The summed E-state index contributed by atoms with van der Waals surface area (Å²) in [5.74, 6) is 0.524. The quantitative estimate of drug-likeness (QED) is 0.264. The largest absolute Gasteiger partial charge is 2.00 e. The molecular formula is C10H12CuN6OS2. The number of hydrogen-bond donors (Lipinski definition) is 2. The van der Waals surface area contributed by atoms with Gasteiger partial charge in [0.1, 0.15) is 5.71 Å². The minimum atomic E-state index is 0. The van der Waals surface area contributed by atoms with Gasteiger partial charge < -0.3 is 29.7 Å². The molecule has 0 aliphatic carbocycles. The normalized spacial score (nSPS) is 13.2. The molecule has 0 saturated heterocycles. The van der Waals surface area contributed by atoms with Crippen molar-refractivity contribution >= 4 is 47.5 Å². The van der Waals surface area contributed by atoms with Crippen molar-refractivity contribution in [3.8, 4) is 0 Å². The Kier molecular flexibility index (Phi) is 9.56. The number of amidine groups is 2. The van der Waals surface area contributed by atoms with Crippen molar-refractivity contribution in [1.29, 1.82) is 0 Å². The first kappa shape index (κ1) is 18.5. The zero-order valence-electron chi connectivity index (χ0n) is 10.6. The first-order valence-corrected chi connectivity index (χ1v) is 5.93. The Morgan fingerprint density at radius 1 is 1.20 bits per heavy atom. The van der Waals surface area contributed by atoms with Gasteiger partial charge in [-0.3, -0.25) is 20.8 Å². The summed E-state index contributed by atoms with van der Waals surface area (Å²) >= 11 is 9.69. The SMILES string of the molecule is CN=C([S-])N/N=C(/C=N/NC([S-])=NC)c1ccco1.[Cu+2]. The first-order chi connectivity index (χ1) is 9.17. The van der Waals surface area contributed by atoms with Gasteiger partial charge in [0.15, 0.2) is 5.76 Å². The van der Waals surface area contributed by atoms with Crippen LogP contribution in [0.25, 0.3) is 0 Å². The number of furan rings is 1. The predicted octanol–water partition coefficient (Wildman–Crippen LogP) is 0.212. The van der Waals surface area contributed by atoms with E-state index in [9.17, 15) is 0 Å². The minimum absolute atomic E-state index is 0. The van der Waals surface area contributed by atoms with Crippen molar-refractivity contribution in [2.45, 2.75) is 0 Å². The van der Waals surface area contributed by atoms with Crippen LogP contribution >= 0.6 is 0 Å². The van der Waals surface area contributed by atoms with Crippen molar-refractivity contribution in [1.82, 2.24) is 10.9 Å². The van der Waals surface area contributed by atoms with E-state index >= 15 is 0 Å². The van der Waals surface area contributed by atoms with Gasteiger partial charge in [0.05, 0.1) is 12.5 Å². The van der Waals surface area contributed by atoms with Gasteiger partial charge in [0.25, 0.3) is 0 Å². The van der Waals surface area contributed by atoms with Crippen molar-refractivity contribution in [2.75, 3.05) is 14.1 Å². The summed E-state index contributed by atoms with van der Waals surface area (Å²) in [4.78, 5) is 7.48. The van der Waals surface area contributed by atoms with Crippen LogP contribution in [0.1, 0.15) is 5.76 Å².